The van der Waals surface area contributed by atoms with Gasteiger partial charge in [0, 0.05) is 6.54 Å². The SMILES string of the molecule is Br.CCCCCCCCCCCCCCCCCCCCC=CCN(CC)CC. The summed E-state index contributed by atoms with van der Waals surface area (Å²) >= 11 is 0. The molecule has 2 heteroatoms. The fraction of sp³-hybridized carbons (Fsp3) is 0.926. The lowest BCUT2D eigenvalue weighted by Gasteiger charge is -2.14. The third kappa shape index (κ3) is 26.1. The van der Waals surface area contributed by atoms with Gasteiger partial charge in [-0.3, -0.25) is 0 Å². The van der Waals surface area contributed by atoms with Gasteiger partial charge in [0.15, 0.2) is 0 Å². The predicted octanol–water partition coefficient (Wildman–Crippen LogP) is 9.89. The lowest BCUT2D eigenvalue weighted by molar-refractivity contribution is 0.337. The van der Waals surface area contributed by atoms with Crippen LogP contribution in [0, 0.1) is 0 Å². The molecule has 0 fully saturated rings. The summed E-state index contributed by atoms with van der Waals surface area (Å²) < 4.78 is 0. The molecule has 0 aliphatic heterocycles. The van der Waals surface area contributed by atoms with Crippen LogP contribution < -0.4 is 0 Å². The van der Waals surface area contributed by atoms with Crippen LogP contribution in [0.5, 0.6) is 0 Å². The van der Waals surface area contributed by atoms with Gasteiger partial charge in [0.2, 0.25) is 0 Å². The van der Waals surface area contributed by atoms with Crippen molar-refractivity contribution >= 4 is 17.0 Å². The molecule has 176 valence electrons. The van der Waals surface area contributed by atoms with Crippen molar-refractivity contribution in [2.75, 3.05) is 19.6 Å². The molecule has 0 aromatic heterocycles. The maximum atomic E-state index is 2.46. The molecule has 0 bridgehead atoms. The Morgan fingerprint density at radius 1 is 0.448 bits per heavy atom. The number of unbranched alkanes of at least 4 members (excludes halogenated alkanes) is 18. The molecule has 0 aliphatic rings. The minimum Gasteiger partial charge on any atom is -0.300 e. The Balaban J connectivity index is 0. The summed E-state index contributed by atoms with van der Waals surface area (Å²) in [6.45, 7) is 10.3. The van der Waals surface area contributed by atoms with Crippen LogP contribution in [-0.2, 0) is 0 Å². The summed E-state index contributed by atoms with van der Waals surface area (Å²) in [6.07, 6.45) is 32.3. The standard InChI is InChI=1S/C27H55N.BrH/c1-4-7-8-9-10-11-12-13-14-15-16-17-18-19-20-21-22-23-24-25-26-27-28(5-2)6-3;/h25-26H,4-24,27H2,1-3H3;1H. The second-order valence-electron chi connectivity index (χ2n) is 8.76. The fourth-order valence-electron chi connectivity index (χ4n) is 3.99. The first-order valence-electron chi connectivity index (χ1n) is 13.2. The van der Waals surface area contributed by atoms with Gasteiger partial charge in [-0.15, -0.1) is 17.0 Å². The van der Waals surface area contributed by atoms with Gasteiger partial charge in [-0.2, -0.15) is 0 Å². The van der Waals surface area contributed by atoms with E-state index in [0.29, 0.717) is 0 Å². The molecule has 0 unspecified atom stereocenters. The highest BCUT2D eigenvalue weighted by Crippen LogP contribution is 2.14. The first-order chi connectivity index (χ1) is 13.8. The minimum absolute atomic E-state index is 0. The van der Waals surface area contributed by atoms with Crippen molar-refractivity contribution in [2.45, 2.75) is 143 Å². The van der Waals surface area contributed by atoms with E-state index < -0.39 is 0 Å². The number of hydrogen-bond donors (Lipinski definition) is 0. The zero-order valence-electron chi connectivity index (χ0n) is 20.6. The van der Waals surface area contributed by atoms with Gasteiger partial charge in [-0.05, 0) is 25.9 Å². The van der Waals surface area contributed by atoms with Crippen LogP contribution in [0.15, 0.2) is 12.2 Å². The molecule has 0 atom stereocenters. The van der Waals surface area contributed by atoms with Gasteiger partial charge in [0.1, 0.15) is 0 Å². The Morgan fingerprint density at radius 2 is 0.793 bits per heavy atom. The van der Waals surface area contributed by atoms with E-state index in [2.05, 4.69) is 37.8 Å². The van der Waals surface area contributed by atoms with E-state index in [1.807, 2.05) is 0 Å². The summed E-state index contributed by atoms with van der Waals surface area (Å²) in [5, 5.41) is 0. The second-order valence-corrected chi connectivity index (χ2v) is 8.76. The summed E-state index contributed by atoms with van der Waals surface area (Å²) in [7, 11) is 0. The van der Waals surface area contributed by atoms with Gasteiger partial charge in [-0.1, -0.05) is 142 Å². The minimum atomic E-state index is 0. The Hall–Kier alpha value is 0.180. The zero-order chi connectivity index (χ0) is 20.5. The van der Waals surface area contributed by atoms with Crippen molar-refractivity contribution < 1.29 is 0 Å². The molecule has 0 amide bonds. The Kier molecular flexibility index (Phi) is 30.5. The van der Waals surface area contributed by atoms with Gasteiger partial charge < -0.3 is 4.90 Å². The number of nitrogens with zero attached hydrogens (tertiary/aromatic N) is 1. The van der Waals surface area contributed by atoms with E-state index in [9.17, 15) is 0 Å². The molecule has 0 saturated carbocycles. The third-order valence-electron chi connectivity index (χ3n) is 6.15. The largest absolute Gasteiger partial charge is 0.300 e. The topological polar surface area (TPSA) is 3.24 Å². The van der Waals surface area contributed by atoms with Crippen LogP contribution in [0.1, 0.15) is 143 Å². The maximum Gasteiger partial charge on any atom is 0.0162 e. The number of rotatable bonds is 23. The first-order valence-corrected chi connectivity index (χ1v) is 13.2. The molecule has 29 heavy (non-hydrogen) atoms. The Labute approximate surface area is 196 Å². The summed E-state index contributed by atoms with van der Waals surface area (Å²) in [5.74, 6) is 0. The first kappa shape index (κ1) is 31.4. The molecule has 0 saturated heterocycles. The van der Waals surface area contributed by atoms with Gasteiger partial charge in [0.05, 0.1) is 0 Å². The van der Waals surface area contributed by atoms with E-state index >= 15 is 0 Å². The van der Waals surface area contributed by atoms with Crippen molar-refractivity contribution in [2.24, 2.45) is 0 Å². The molecule has 0 radical (unpaired) electrons. The second kappa shape index (κ2) is 28.2. The normalized spacial score (nSPS) is 11.4. The van der Waals surface area contributed by atoms with Crippen LogP contribution >= 0.6 is 17.0 Å². The molecule has 0 aromatic rings. The molecular formula is C27H56BrN. The molecule has 0 N–H and O–H groups in total. The van der Waals surface area contributed by atoms with Crippen LogP contribution in [0.2, 0.25) is 0 Å². The van der Waals surface area contributed by atoms with Crippen LogP contribution in [0.3, 0.4) is 0 Å². The number of halogens is 1. The lowest BCUT2D eigenvalue weighted by atomic mass is 10.0. The van der Waals surface area contributed by atoms with Crippen molar-refractivity contribution in [1.29, 1.82) is 0 Å². The van der Waals surface area contributed by atoms with E-state index in [1.54, 1.807) is 0 Å². The Bertz CT molecular complexity index is 299. The Morgan fingerprint density at radius 3 is 1.14 bits per heavy atom. The van der Waals surface area contributed by atoms with Crippen molar-refractivity contribution in [3.05, 3.63) is 12.2 Å². The number of likely N-dealkylation sites (N-methyl/N-ethyl adjacent to an activating group) is 1. The summed E-state index contributed by atoms with van der Waals surface area (Å²) in [4.78, 5) is 2.46. The molecule has 0 rings (SSSR count). The third-order valence-corrected chi connectivity index (χ3v) is 6.15. The molecule has 0 aliphatic carbocycles. The molecular weight excluding hydrogens is 418 g/mol. The smallest absolute Gasteiger partial charge is 0.0162 e. The average Bonchev–Trinajstić information content (AvgIpc) is 2.72. The van der Waals surface area contributed by atoms with Crippen molar-refractivity contribution in [3.63, 3.8) is 0 Å². The summed E-state index contributed by atoms with van der Waals surface area (Å²) in [5.41, 5.74) is 0. The molecule has 0 spiro atoms. The summed E-state index contributed by atoms with van der Waals surface area (Å²) in [6, 6.07) is 0. The van der Waals surface area contributed by atoms with Gasteiger partial charge in [0.25, 0.3) is 0 Å². The van der Waals surface area contributed by atoms with Crippen molar-refractivity contribution in [1.82, 2.24) is 4.90 Å². The van der Waals surface area contributed by atoms with E-state index in [-0.39, 0.29) is 17.0 Å². The highest BCUT2D eigenvalue weighted by molar-refractivity contribution is 8.93. The predicted molar refractivity (Wildman–Crippen MR) is 141 cm³/mol. The molecule has 0 aromatic carbocycles. The fourth-order valence-corrected chi connectivity index (χ4v) is 3.99. The number of hydrogen-bond acceptors (Lipinski definition) is 1. The van der Waals surface area contributed by atoms with E-state index in [0.717, 1.165) is 6.54 Å². The number of allylic oxidation sites excluding steroid dienone is 1. The highest BCUT2D eigenvalue weighted by Gasteiger charge is 1.95. The van der Waals surface area contributed by atoms with Crippen LogP contribution in [0.4, 0.5) is 0 Å². The van der Waals surface area contributed by atoms with Gasteiger partial charge in [-0.25, -0.2) is 0 Å². The van der Waals surface area contributed by atoms with Crippen molar-refractivity contribution in [3.8, 4) is 0 Å². The monoisotopic (exact) mass is 473 g/mol. The lowest BCUT2D eigenvalue weighted by Crippen LogP contribution is -2.22. The maximum absolute atomic E-state index is 2.46. The van der Waals surface area contributed by atoms with Crippen LogP contribution in [-0.4, -0.2) is 24.5 Å². The molecule has 0 heterocycles. The van der Waals surface area contributed by atoms with Gasteiger partial charge >= 0.3 is 0 Å². The highest BCUT2D eigenvalue weighted by atomic mass is 79.9. The quantitative estimate of drug-likeness (QED) is 0.105. The van der Waals surface area contributed by atoms with Crippen LogP contribution in [0.25, 0.3) is 0 Å². The zero-order valence-corrected chi connectivity index (χ0v) is 22.3. The van der Waals surface area contributed by atoms with E-state index in [1.165, 1.54) is 135 Å². The molecule has 1 nitrogen and oxygen atoms in total. The average molecular weight is 475 g/mol. The van der Waals surface area contributed by atoms with E-state index in [4.69, 9.17) is 0 Å².